The number of halogens is 2. The molecule has 2 aromatic heterocycles. The fourth-order valence-corrected chi connectivity index (χ4v) is 2.19. The summed E-state index contributed by atoms with van der Waals surface area (Å²) in [5.41, 5.74) is 0.828. The summed E-state index contributed by atoms with van der Waals surface area (Å²) in [5.74, 6) is 0.0301. The van der Waals surface area contributed by atoms with Crippen molar-refractivity contribution in [2.45, 2.75) is 6.61 Å². The van der Waals surface area contributed by atoms with Crippen LogP contribution in [0.5, 0.6) is 11.6 Å². The Morgan fingerprint density at radius 1 is 1.24 bits per heavy atom. The highest BCUT2D eigenvalue weighted by atomic mass is 35.5. The third-order valence-electron chi connectivity index (χ3n) is 2.95. The van der Waals surface area contributed by atoms with Gasteiger partial charge in [0.2, 0.25) is 5.88 Å². The van der Waals surface area contributed by atoms with E-state index >= 15 is 0 Å². The molecule has 0 atom stereocenters. The number of benzene rings is 1. The van der Waals surface area contributed by atoms with E-state index in [9.17, 15) is 9.50 Å². The van der Waals surface area contributed by atoms with Crippen LogP contribution in [0.4, 0.5) is 4.39 Å². The molecule has 6 heteroatoms. The molecule has 0 unspecified atom stereocenters. The number of hydrogen-bond acceptors (Lipinski definition) is 4. The molecule has 1 N–H and O–H groups in total. The average Bonchev–Trinajstić information content (AvgIpc) is 2.52. The first-order chi connectivity index (χ1) is 10.2. The number of aliphatic hydroxyl groups excluding tert-OH is 1. The fourth-order valence-electron chi connectivity index (χ4n) is 1.97. The van der Waals surface area contributed by atoms with Crippen LogP contribution < -0.4 is 4.74 Å². The predicted octanol–water partition coefficient (Wildman–Crippen LogP) is 3.71. The van der Waals surface area contributed by atoms with Gasteiger partial charge < -0.3 is 9.84 Å². The second-order valence-electron chi connectivity index (χ2n) is 4.32. The van der Waals surface area contributed by atoms with Gasteiger partial charge in [-0.15, -0.1) is 0 Å². The normalized spacial score (nSPS) is 10.8. The highest BCUT2D eigenvalue weighted by Gasteiger charge is 2.12. The van der Waals surface area contributed by atoms with Crippen LogP contribution in [0.3, 0.4) is 0 Å². The summed E-state index contributed by atoms with van der Waals surface area (Å²) in [5, 5.41) is 10.6. The number of aromatic nitrogens is 2. The van der Waals surface area contributed by atoms with E-state index < -0.39 is 5.82 Å². The molecule has 2 heterocycles. The van der Waals surface area contributed by atoms with Gasteiger partial charge in [0.15, 0.2) is 5.75 Å². The van der Waals surface area contributed by atoms with Crippen LogP contribution in [0.15, 0.2) is 42.7 Å². The van der Waals surface area contributed by atoms with E-state index in [2.05, 4.69) is 9.97 Å². The van der Waals surface area contributed by atoms with Crippen LogP contribution in [0.25, 0.3) is 10.9 Å². The van der Waals surface area contributed by atoms with Crippen LogP contribution in [-0.2, 0) is 6.61 Å². The Morgan fingerprint density at radius 2 is 2.10 bits per heavy atom. The molecule has 0 fully saturated rings. The number of ether oxygens (including phenoxy) is 1. The monoisotopic (exact) mass is 304 g/mol. The summed E-state index contributed by atoms with van der Waals surface area (Å²) >= 11 is 6.11. The molecule has 0 amide bonds. The van der Waals surface area contributed by atoms with Crippen molar-refractivity contribution in [2.75, 3.05) is 0 Å². The zero-order valence-electron chi connectivity index (χ0n) is 10.8. The summed E-state index contributed by atoms with van der Waals surface area (Å²) in [4.78, 5) is 8.09. The molecule has 0 aliphatic heterocycles. The minimum atomic E-state index is -0.537. The lowest BCUT2D eigenvalue weighted by Gasteiger charge is -2.10. The van der Waals surface area contributed by atoms with E-state index in [0.717, 1.165) is 11.6 Å². The van der Waals surface area contributed by atoms with Crippen LogP contribution in [0.1, 0.15) is 5.56 Å². The summed E-state index contributed by atoms with van der Waals surface area (Å²) in [7, 11) is 0. The summed E-state index contributed by atoms with van der Waals surface area (Å²) in [6.45, 7) is -0.376. The van der Waals surface area contributed by atoms with E-state index in [1.54, 1.807) is 24.4 Å². The molecule has 0 spiro atoms. The van der Waals surface area contributed by atoms with Crippen molar-refractivity contribution in [1.29, 1.82) is 0 Å². The molecule has 106 valence electrons. The highest BCUT2D eigenvalue weighted by Crippen LogP contribution is 2.33. The maximum absolute atomic E-state index is 13.1. The van der Waals surface area contributed by atoms with Crippen LogP contribution in [0, 0.1) is 5.82 Å². The highest BCUT2D eigenvalue weighted by molar-refractivity contribution is 6.35. The maximum atomic E-state index is 13.1. The molecule has 0 radical (unpaired) electrons. The summed E-state index contributed by atoms with van der Waals surface area (Å²) in [6, 6.07) is 8.11. The predicted molar refractivity (Wildman–Crippen MR) is 76.9 cm³/mol. The number of nitrogens with zero attached hydrogens (tertiary/aromatic N) is 2. The summed E-state index contributed by atoms with van der Waals surface area (Å²) in [6.07, 6.45) is 2.65. The SMILES string of the molecule is OCc1cc(F)cnc1Oc1ccc(Cl)c2cccnc12. The first kappa shape index (κ1) is 13.7. The first-order valence-corrected chi connectivity index (χ1v) is 6.53. The second-order valence-corrected chi connectivity index (χ2v) is 4.73. The lowest BCUT2D eigenvalue weighted by molar-refractivity contribution is 0.274. The molecular weight excluding hydrogens is 295 g/mol. The second kappa shape index (κ2) is 5.63. The Kier molecular flexibility index (Phi) is 3.68. The number of fused-ring (bicyclic) bond motifs is 1. The Balaban J connectivity index is 2.09. The number of aliphatic hydroxyl groups is 1. The van der Waals surface area contributed by atoms with Gasteiger partial charge in [0.05, 0.1) is 17.8 Å². The van der Waals surface area contributed by atoms with Crippen LogP contribution >= 0.6 is 11.6 Å². The topological polar surface area (TPSA) is 55.2 Å². The minimum Gasteiger partial charge on any atom is -0.436 e. The van der Waals surface area contributed by atoms with Crippen molar-refractivity contribution in [3.8, 4) is 11.6 Å². The van der Waals surface area contributed by atoms with Crippen LogP contribution in [0.2, 0.25) is 5.02 Å². The van der Waals surface area contributed by atoms with Crippen molar-refractivity contribution in [2.24, 2.45) is 0 Å². The molecule has 0 aliphatic carbocycles. The molecule has 21 heavy (non-hydrogen) atoms. The van der Waals surface area contributed by atoms with Gasteiger partial charge in [0.25, 0.3) is 0 Å². The lowest BCUT2D eigenvalue weighted by atomic mass is 10.2. The largest absolute Gasteiger partial charge is 0.436 e. The van der Waals surface area contributed by atoms with Crippen molar-refractivity contribution in [3.05, 3.63) is 59.1 Å². The summed E-state index contributed by atoms with van der Waals surface area (Å²) < 4.78 is 18.8. The molecular formula is C15H10ClFN2O2. The average molecular weight is 305 g/mol. The fraction of sp³-hybridized carbons (Fsp3) is 0.0667. The van der Waals surface area contributed by atoms with Crippen molar-refractivity contribution in [1.82, 2.24) is 9.97 Å². The number of hydrogen-bond donors (Lipinski definition) is 1. The lowest BCUT2D eigenvalue weighted by Crippen LogP contribution is -1.97. The van der Waals surface area contributed by atoms with Gasteiger partial charge in [-0.05, 0) is 30.3 Å². The number of rotatable bonds is 3. The third kappa shape index (κ3) is 2.66. The number of pyridine rings is 2. The Labute approximate surface area is 124 Å². The zero-order chi connectivity index (χ0) is 14.8. The molecule has 1 aromatic carbocycles. The van der Waals surface area contributed by atoms with E-state index in [-0.39, 0.29) is 18.1 Å². The molecule has 3 aromatic rings. The molecule has 0 saturated carbocycles. The molecule has 0 bridgehead atoms. The van der Waals surface area contributed by atoms with E-state index in [0.29, 0.717) is 16.3 Å². The van der Waals surface area contributed by atoms with Gasteiger partial charge in [-0.1, -0.05) is 11.6 Å². The molecule has 0 aliphatic rings. The van der Waals surface area contributed by atoms with Gasteiger partial charge in [0, 0.05) is 17.1 Å². The van der Waals surface area contributed by atoms with Crippen molar-refractivity contribution >= 4 is 22.5 Å². The van der Waals surface area contributed by atoms with Crippen molar-refractivity contribution < 1.29 is 14.2 Å². The van der Waals surface area contributed by atoms with Gasteiger partial charge >= 0.3 is 0 Å². The van der Waals surface area contributed by atoms with E-state index in [1.165, 1.54) is 6.07 Å². The minimum absolute atomic E-state index is 0.133. The standard InChI is InChI=1S/C15H10ClFN2O2/c16-12-3-4-13(14-11(12)2-1-5-18-14)21-15-9(8-20)6-10(17)7-19-15/h1-7,20H,8H2. The zero-order valence-corrected chi connectivity index (χ0v) is 11.5. The Hall–Kier alpha value is -2.24. The Bertz CT molecular complexity index is 811. The van der Waals surface area contributed by atoms with Gasteiger partial charge in [-0.25, -0.2) is 9.37 Å². The van der Waals surface area contributed by atoms with E-state index in [4.69, 9.17) is 16.3 Å². The molecule has 4 nitrogen and oxygen atoms in total. The first-order valence-electron chi connectivity index (χ1n) is 6.15. The smallest absolute Gasteiger partial charge is 0.225 e. The van der Waals surface area contributed by atoms with Gasteiger partial charge in [-0.3, -0.25) is 4.98 Å². The maximum Gasteiger partial charge on any atom is 0.225 e. The molecule has 0 saturated heterocycles. The van der Waals surface area contributed by atoms with Crippen LogP contribution in [-0.4, -0.2) is 15.1 Å². The van der Waals surface area contributed by atoms with Gasteiger partial charge in [-0.2, -0.15) is 0 Å². The quantitative estimate of drug-likeness (QED) is 0.801. The Morgan fingerprint density at radius 3 is 2.90 bits per heavy atom. The molecule has 3 rings (SSSR count). The van der Waals surface area contributed by atoms with E-state index in [1.807, 2.05) is 6.07 Å². The van der Waals surface area contributed by atoms with Crippen molar-refractivity contribution in [3.63, 3.8) is 0 Å². The third-order valence-corrected chi connectivity index (χ3v) is 3.28. The van der Waals surface area contributed by atoms with Gasteiger partial charge in [0.1, 0.15) is 11.3 Å².